The third-order valence-corrected chi connectivity index (χ3v) is 3.97. The second-order valence-corrected chi connectivity index (χ2v) is 5.89. The van der Waals surface area contributed by atoms with Crippen LogP contribution in [0.4, 0.5) is 5.69 Å². The fourth-order valence-electron chi connectivity index (χ4n) is 2.21. The van der Waals surface area contributed by atoms with Gasteiger partial charge in [-0.2, -0.15) is 0 Å². The number of carbonyl (C=O) groups excluding carboxylic acids is 1. The van der Waals surface area contributed by atoms with Crippen LogP contribution in [-0.4, -0.2) is 5.91 Å². The first-order valence-electron chi connectivity index (χ1n) is 6.30. The number of halogens is 2. The Morgan fingerprint density at radius 1 is 1.20 bits per heavy atom. The van der Waals surface area contributed by atoms with Gasteiger partial charge in [-0.25, -0.2) is 0 Å². The molecule has 0 aliphatic heterocycles. The van der Waals surface area contributed by atoms with Crippen molar-refractivity contribution in [1.29, 1.82) is 0 Å². The maximum Gasteiger partial charge on any atom is 0.224 e. The molecular weight excluding hydrogens is 338 g/mol. The number of hydrogen-bond donors (Lipinski definition) is 0. The van der Waals surface area contributed by atoms with Crippen LogP contribution in [0.1, 0.15) is 25.5 Å². The van der Waals surface area contributed by atoms with Gasteiger partial charge < -0.3 is 4.90 Å². The summed E-state index contributed by atoms with van der Waals surface area (Å²) in [5.41, 5.74) is 1.79. The molecule has 2 nitrogen and oxygen atoms in total. The van der Waals surface area contributed by atoms with Crippen LogP contribution in [0.5, 0.6) is 0 Å². The van der Waals surface area contributed by atoms with E-state index in [-0.39, 0.29) is 11.9 Å². The second-order valence-electron chi connectivity index (χ2n) is 4.57. The van der Waals surface area contributed by atoms with E-state index in [1.807, 2.05) is 49.4 Å². The molecule has 0 radical (unpaired) electrons. The lowest BCUT2D eigenvalue weighted by Crippen LogP contribution is -2.31. The molecular formula is C16H15BrClNO. The van der Waals surface area contributed by atoms with Gasteiger partial charge in [0.05, 0.1) is 16.8 Å². The van der Waals surface area contributed by atoms with E-state index in [9.17, 15) is 4.79 Å². The van der Waals surface area contributed by atoms with Gasteiger partial charge in [-0.3, -0.25) is 4.79 Å². The van der Waals surface area contributed by atoms with E-state index in [1.165, 1.54) is 0 Å². The third-order valence-electron chi connectivity index (χ3n) is 3.18. The number of hydrogen-bond acceptors (Lipinski definition) is 1. The monoisotopic (exact) mass is 351 g/mol. The minimum Gasteiger partial charge on any atom is -0.304 e. The highest BCUT2D eigenvalue weighted by molar-refractivity contribution is 9.10. The number of anilines is 1. The average molecular weight is 353 g/mol. The van der Waals surface area contributed by atoms with Gasteiger partial charge in [0.25, 0.3) is 0 Å². The highest BCUT2D eigenvalue weighted by Crippen LogP contribution is 2.34. The zero-order chi connectivity index (χ0) is 14.7. The highest BCUT2D eigenvalue weighted by atomic mass is 79.9. The van der Waals surface area contributed by atoms with E-state index in [0.717, 1.165) is 15.7 Å². The summed E-state index contributed by atoms with van der Waals surface area (Å²) in [5, 5.41) is 0.553. The van der Waals surface area contributed by atoms with Crippen molar-refractivity contribution in [3.63, 3.8) is 0 Å². The Kier molecular flexibility index (Phi) is 4.84. The predicted octanol–water partition coefficient (Wildman–Crippen LogP) is 5.22. The molecule has 0 aliphatic carbocycles. The Hall–Kier alpha value is -1.32. The van der Waals surface area contributed by atoms with Gasteiger partial charge in [-0.15, -0.1) is 0 Å². The molecule has 0 N–H and O–H groups in total. The van der Waals surface area contributed by atoms with Crippen molar-refractivity contribution in [1.82, 2.24) is 0 Å². The van der Waals surface area contributed by atoms with Crippen LogP contribution in [0.25, 0.3) is 0 Å². The molecule has 2 aromatic carbocycles. The van der Waals surface area contributed by atoms with Crippen LogP contribution in [-0.2, 0) is 4.79 Å². The summed E-state index contributed by atoms with van der Waals surface area (Å²) in [4.78, 5) is 13.8. The Balaban J connectivity index is 2.44. The molecule has 2 rings (SSSR count). The largest absolute Gasteiger partial charge is 0.304 e. The van der Waals surface area contributed by atoms with Crippen molar-refractivity contribution in [2.24, 2.45) is 0 Å². The van der Waals surface area contributed by atoms with Gasteiger partial charge in [-0.05, 0) is 30.7 Å². The molecule has 104 valence electrons. The van der Waals surface area contributed by atoms with Crippen molar-refractivity contribution in [3.8, 4) is 0 Å². The summed E-state index contributed by atoms with van der Waals surface area (Å²) in [7, 11) is 0. The fraction of sp³-hybridized carbons (Fsp3) is 0.188. The molecule has 0 aromatic heterocycles. The molecule has 2 aromatic rings. The summed E-state index contributed by atoms with van der Waals surface area (Å²) in [5.74, 6) is -0.0365. The first kappa shape index (κ1) is 15.1. The van der Waals surface area contributed by atoms with E-state index in [4.69, 9.17) is 11.6 Å². The Bertz CT molecular complexity index is 615. The molecule has 0 saturated carbocycles. The maximum atomic E-state index is 12.1. The smallest absolute Gasteiger partial charge is 0.224 e. The summed E-state index contributed by atoms with van der Waals surface area (Å²) < 4.78 is 0.891. The number of benzene rings is 2. The quantitative estimate of drug-likeness (QED) is 0.742. The van der Waals surface area contributed by atoms with Gasteiger partial charge in [0, 0.05) is 11.4 Å². The summed E-state index contributed by atoms with van der Waals surface area (Å²) in [6.45, 7) is 3.55. The molecule has 4 heteroatoms. The van der Waals surface area contributed by atoms with E-state index in [1.54, 1.807) is 17.9 Å². The van der Waals surface area contributed by atoms with Gasteiger partial charge >= 0.3 is 0 Å². The highest BCUT2D eigenvalue weighted by Gasteiger charge is 2.22. The zero-order valence-corrected chi connectivity index (χ0v) is 13.6. The molecule has 20 heavy (non-hydrogen) atoms. The van der Waals surface area contributed by atoms with Crippen LogP contribution in [0.15, 0.2) is 53.0 Å². The summed E-state index contributed by atoms with van der Waals surface area (Å²) in [6, 6.07) is 15.4. The minimum absolute atomic E-state index is 0.0365. The van der Waals surface area contributed by atoms with E-state index in [0.29, 0.717) is 5.02 Å². The molecule has 0 saturated heterocycles. The van der Waals surface area contributed by atoms with E-state index >= 15 is 0 Å². The molecule has 0 bridgehead atoms. The topological polar surface area (TPSA) is 20.3 Å². The van der Waals surface area contributed by atoms with Crippen molar-refractivity contribution < 1.29 is 4.79 Å². The Morgan fingerprint density at radius 2 is 1.85 bits per heavy atom. The SMILES string of the molecule is CC(=O)N(c1ccc(Br)cc1Cl)C(C)c1ccccc1. The van der Waals surface area contributed by atoms with E-state index < -0.39 is 0 Å². The molecule has 1 atom stereocenters. The average Bonchev–Trinajstić information content (AvgIpc) is 2.42. The molecule has 1 unspecified atom stereocenters. The fourth-order valence-corrected chi connectivity index (χ4v) is 2.97. The standard InChI is InChI=1S/C16H15BrClNO/c1-11(13-6-4-3-5-7-13)19(12(2)20)16-9-8-14(17)10-15(16)18/h3-11H,1-2H3. The van der Waals surface area contributed by atoms with Crippen molar-refractivity contribution in [2.45, 2.75) is 19.9 Å². The van der Waals surface area contributed by atoms with Crippen LogP contribution in [0.2, 0.25) is 5.02 Å². The molecule has 1 amide bonds. The third kappa shape index (κ3) is 3.22. The zero-order valence-electron chi connectivity index (χ0n) is 11.3. The van der Waals surface area contributed by atoms with Crippen molar-refractivity contribution in [3.05, 3.63) is 63.6 Å². The van der Waals surface area contributed by atoms with Gasteiger partial charge in [-0.1, -0.05) is 57.9 Å². The van der Waals surface area contributed by atoms with Crippen molar-refractivity contribution in [2.75, 3.05) is 4.90 Å². The van der Waals surface area contributed by atoms with Crippen LogP contribution < -0.4 is 4.90 Å². The Labute approximate surface area is 132 Å². The number of carbonyl (C=O) groups is 1. The van der Waals surface area contributed by atoms with Crippen molar-refractivity contribution >= 4 is 39.1 Å². The molecule has 0 heterocycles. The van der Waals surface area contributed by atoms with Crippen LogP contribution in [0.3, 0.4) is 0 Å². The lowest BCUT2D eigenvalue weighted by atomic mass is 10.1. The Morgan fingerprint density at radius 3 is 2.40 bits per heavy atom. The molecule has 0 fully saturated rings. The maximum absolute atomic E-state index is 12.1. The predicted molar refractivity (Wildman–Crippen MR) is 87.2 cm³/mol. The van der Waals surface area contributed by atoms with Gasteiger partial charge in [0.2, 0.25) is 5.91 Å². The summed E-state index contributed by atoms with van der Waals surface area (Å²) >= 11 is 9.65. The first-order chi connectivity index (χ1) is 9.50. The number of rotatable bonds is 3. The lowest BCUT2D eigenvalue weighted by molar-refractivity contribution is -0.117. The van der Waals surface area contributed by atoms with Crippen LogP contribution >= 0.6 is 27.5 Å². The summed E-state index contributed by atoms with van der Waals surface area (Å²) in [6.07, 6.45) is 0. The number of nitrogens with zero attached hydrogens (tertiary/aromatic N) is 1. The van der Waals surface area contributed by atoms with Gasteiger partial charge in [0.1, 0.15) is 0 Å². The second kappa shape index (κ2) is 6.42. The van der Waals surface area contributed by atoms with Crippen LogP contribution in [0, 0.1) is 0 Å². The molecule has 0 aliphatic rings. The molecule has 0 spiro atoms. The first-order valence-corrected chi connectivity index (χ1v) is 7.47. The minimum atomic E-state index is -0.0765. The van der Waals surface area contributed by atoms with E-state index in [2.05, 4.69) is 15.9 Å². The normalized spacial score (nSPS) is 12.0. The lowest BCUT2D eigenvalue weighted by Gasteiger charge is -2.29. The number of amides is 1. The van der Waals surface area contributed by atoms with Gasteiger partial charge in [0.15, 0.2) is 0 Å².